The maximum atomic E-state index is 12.0. The van der Waals surface area contributed by atoms with E-state index in [4.69, 9.17) is 11.6 Å². The number of rotatable bonds is 7. The van der Waals surface area contributed by atoms with Gasteiger partial charge in [0.2, 0.25) is 5.91 Å². The summed E-state index contributed by atoms with van der Waals surface area (Å²) in [7, 11) is 1.70. The van der Waals surface area contributed by atoms with Crippen molar-refractivity contribution in [3.05, 3.63) is 57.8 Å². The summed E-state index contributed by atoms with van der Waals surface area (Å²) in [6.07, 6.45) is 2.90. The lowest BCUT2D eigenvalue weighted by Gasteiger charge is -2.12. The van der Waals surface area contributed by atoms with Crippen LogP contribution in [0.1, 0.15) is 12.0 Å². The Morgan fingerprint density at radius 3 is 2.48 bits per heavy atom. The van der Waals surface area contributed by atoms with Gasteiger partial charge in [-0.3, -0.25) is 9.79 Å². The summed E-state index contributed by atoms with van der Waals surface area (Å²) >= 11 is 9.13. The third-order valence-electron chi connectivity index (χ3n) is 3.49. The number of hydrogen-bond acceptors (Lipinski definition) is 3. The SMILES string of the molecule is CN=C(NCCC(=O)Nc1ccc(Br)cc1)NCCc1ccc(Cl)nc1.I. The number of guanidine groups is 1. The Morgan fingerprint density at radius 1 is 1.15 bits per heavy atom. The van der Waals surface area contributed by atoms with E-state index in [-0.39, 0.29) is 29.9 Å². The molecule has 0 saturated carbocycles. The molecule has 6 nitrogen and oxygen atoms in total. The minimum absolute atomic E-state index is 0. The smallest absolute Gasteiger partial charge is 0.226 e. The summed E-state index contributed by atoms with van der Waals surface area (Å²) in [6, 6.07) is 11.2. The van der Waals surface area contributed by atoms with Gasteiger partial charge in [-0.15, -0.1) is 24.0 Å². The normalized spacial score (nSPS) is 10.7. The fraction of sp³-hybridized carbons (Fsp3) is 0.278. The second-order valence-electron chi connectivity index (χ2n) is 5.47. The van der Waals surface area contributed by atoms with Gasteiger partial charge in [-0.05, 0) is 42.3 Å². The summed E-state index contributed by atoms with van der Waals surface area (Å²) < 4.78 is 0.974. The first-order chi connectivity index (χ1) is 12.6. The second kappa shape index (κ2) is 12.9. The number of aromatic nitrogens is 1. The average molecular weight is 567 g/mol. The highest BCUT2D eigenvalue weighted by Gasteiger charge is 2.04. The molecule has 146 valence electrons. The number of aliphatic imine (C=N–C) groups is 1. The molecule has 1 heterocycles. The molecule has 0 bridgehead atoms. The van der Waals surface area contributed by atoms with Crippen LogP contribution in [0.25, 0.3) is 0 Å². The molecule has 9 heteroatoms. The average Bonchev–Trinajstić information content (AvgIpc) is 2.64. The number of carbonyl (C=O) groups excluding carboxylic acids is 1. The van der Waals surface area contributed by atoms with E-state index < -0.39 is 0 Å². The van der Waals surface area contributed by atoms with Gasteiger partial charge in [0.15, 0.2) is 5.96 Å². The van der Waals surface area contributed by atoms with Crippen molar-refractivity contribution in [2.24, 2.45) is 4.99 Å². The monoisotopic (exact) mass is 565 g/mol. The molecule has 0 atom stereocenters. The summed E-state index contributed by atoms with van der Waals surface area (Å²) in [5, 5.41) is 9.67. The molecule has 0 radical (unpaired) electrons. The Bertz CT molecular complexity index is 740. The fourth-order valence-electron chi connectivity index (χ4n) is 2.15. The molecule has 0 spiro atoms. The molecule has 0 aliphatic carbocycles. The number of amides is 1. The number of pyridine rings is 1. The van der Waals surface area contributed by atoms with E-state index in [1.807, 2.05) is 30.3 Å². The molecule has 2 aromatic rings. The number of nitrogens with zero attached hydrogens (tertiary/aromatic N) is 2. The van der Waals surface area contributed by atoms with E-state index >= 15 is 0 Å². The van der Waals surface area contributed by atoms with Gasteiger partial charge in [-0.1, -0.05) is 33.6 Å². The van der Waals surface area contributed by atoms with Crippen molar-refractivity contribution in [3.63, 3.8) is 0 Å². The highest BCUT2D eigenvalue weighted by atomic mass is 127. The van der Waals surface area contributed by atoms with Gasteiger partial charge in [0.1, 0.15) is 5.15 Å². The van der Waals surface area contributed by atoms with E-state index in [9.17, 15) is 4.79 Å². The zero-order valence-electron chi connectivity index (χ0n) is 14.8. The highest BCUT2D eigenvalue weighted by Crippen LogP contribution is 2.14. The van der Waals surface area contributed by atoms with E-state index in [1.165, 1.54) is 0 Å². The molecular weight excluding hydrogens is 544 g/mol. The first kappa shape index (κ1) is 23.6. The molecule has 0 saturated heterocycles. The molecule has 0 unspecified atom stereocenters. The molecule has 1 aromatic heterocycles. The van der Waals surface area contributed by atoms with Crippen molar-refractivity contribution >= 4 is 69.1 Å². The quantitative estimate of drug-likeness (QED) is 0.206. The van der Waals surface area contributed by atoms with Crippen molar-refractivity contribution in [2.75, 3.05) is 25.5 Å². The maximum absolute atomic E-state index is 12.0. The van der Waals surface area contributed by atoms with Crippen molar-refractivity contribution in [2.45, 2.75) is 12.8 Å². The van der Waals surface area contributed by atoms with Gasteiger partial charge in [-0.2, -0.15) is 0 Å². The number of anilines is 1. The molecule has 0 aliphatic heterocycles. The van der Waals surface area contributed by atoms with Crippen molar-refractivity contribution in [3.8, 4) is 0 Å². The number of carbonyl (C=O) groups is 1. The summed E-state index contributed by atoms with van der Waals surface area (Å²) in [5.41, 5.74) is 1.86. The van der Waals surface area contributed by atoms with E-state index in [1.54, 1.807) is 19.3 Å². The van der Waals surface area contributed by atoms with Crippen LogP contribution >= 0.6 is 51.5 Å². The van der Waals surface area contributed by atoms with Gasteiger partial charge in [0.05, 0.1) is 0 Å². The highest BCUT2D eigenvalue weighted by molar-refractivity contribution is 14.0. The number of nitrogens with one attached hydrogen (secondary N) is 3. The third kappa shape index (κ3) is 9.39. The Morgan fingerprint density at radius 2 is 1.85 bits per heavy atom. The summed E-state index contributed by atoms with van der Waals surface area (Å²) in [4.78, 5) is 20.1. The van der Waals surface area contributed by atoms with Crippen LogP contribution in [0.4, 0.5) is 5.69 Å². The van der Waals surface area contributed by atoms with Crippen molar-refractivity contribution < 1.29 is 4.79 Å². The van der Waals surface area contributed by atoms with Crippen LogP contribution in [-0.4, -0.2) is 37.0 Å². The molecule has 3 N–H and O–H groups in total. The predicted octanol–water partition coefficient (Wildman–Crippen LogP) is 3.85. The van der Waals surface area contributed by atoms with E-state index in [0.29, 0.717) is 30.6 Å². The zero-order chi connectivity index (χ0) is 18.8. The summed E-state index contributed by atoms with van der Waals surface area (Å²) in [6.45, 7) is 1.19. The van der Waals surface area contributed by atoms with Gasteiger partial charge in [0, 0.05) is 42.9 Å². The van der Waals surface area contributed by atoms with Crippen LogP contribution in [-0.2, 0) is 11.2 Å². The number of benzene rings is 1. The Labute approximate surface area is 189 Å². The van der Waals surface area contributed by atoms with Crippen LogP contribution in [0.3, 0.4) is 0 Å². The first-order valence-corrected chi connectivity index (χ1v) is 9.34. The van der Waals surface area contributed by atoms with Gasteiger partial charge in [-0.25, -0.2) is 4.98 Å². The molecule has 0 aliphatic rings. The molecular formula is C18H22BrClIN5O. The van der Waals surface area contributed by atoms with Crippen LogP contribution < -0.4 is 16.0 Å². The lowest BCUT2D eigenvalue weighted by Crippen LogP contribution is -2.39. The van der Waals surface area contributed by atoms with E-state index in [2.05, 4.69) is 41.9 Å². The van der Waals surface area contributed by atoms with E-state index in [0.717, 1.165) is 22.1 Å². The Hall–Kier alpha value is -1.39. The third-order valence-corrected chi connectivity index (χ3v) is 4.24. The molecule has 27 heavy (non-hydrogen) atoms. The lowest BCUT2D eigenvalue weighted by molar-refractivity contribution is -0.116. The zero-order valence-corrected chi connectivity index (χ0v) is 19.5. The largest absolute Gasteiger partial charge is 0.356 e. The van der Waals surface area contributed by atoms with Crippen LogP contribution in [0.2, 0.25) is 5.15 Å². The molecule has 2 rings (SSSR count). The van der Waals surface area contributed by atoms with Crippen molar-refractivity contribution in [1.29, 1.82) is 0 Å². The van der Waals surface area contributed by atoms with Gasteiger partial charge < -0.3 is 16.0 Å². The second-order valence-corrected chi connectivity index (χ2v) is 6.77. The topological polar surface area (TPSA) is 78.4 Å². The molecule has 1 aromatic carbocycles. The minimum Gasteiger partial charge on any atom is -0.356 e. The predicted molar refractivity (Wildman–Crippen MR) is 125 cm³/mol. The standard InChI is InChI=1S/C18H21BrClN5O.HI/c1-21-18(22-10-8-13-2-7-16(20)24-12-13)23-11-9-17(26)25-15-5-3-14(19)4-6-15;/h2-7,12H,8-11H2,1H3,(H,25,26)(H2,21,22,23);1H. The number of hydrogen-bond donors (Lipinski definition) is 3. The van der Waals surface area contributed by atoms with Gasteiger partial charge >= 0.3 is 0 Å². The molecule has 0 fully saturated rings. The summed E-state index contributed by atoms with van der Waals surface area (Å²) in [5.74, 6) is 0.603. The van der Waals surface area contributed by atoms with Crippen LogP contribution in [0, 0.1) is 0 Å². The molecule has 1 amide bonds. The first-order valence-electron chi connectivity index (χ1n) is 8.17. The Kier molecular flexibility index (Phi) is 11.3. The minimum atomic E-state index is -0.0532. The lowest BCUT2D eigenvalue weighted by atomic mass is 10.2. The van der Waals surface area contributed by atoms with Crippen LogP contribution in [0.5, 0.6) is 0 Å². The van der Waals surface area contributed by atoms with Crippen LogP contribution in [0.15, 0.2) is 52.1 Å². The van der Waals surface area contributed by atoms with Crippen molar-refractivity contribution in [1.82, 2.24) is 15.6 Å². The fourth-order valence-corrected chi connectivity index (χ4v) is 2.53. The Balaban J connectivity index is 0.00000364. The van der Waals surface area contributed by atoms with Gasteiger partial charge in [0.25, 0.3) is 0 Å². The number of halogens is 3. The maximum Gasteiger partial charge on any atom is 0.226 e.